The molecule has 5 N–H and O–H groups in total. The number of aromatic nitrogens is 2. The molecule has 14 heteroatoms. The molecule has 1 fully saturated rings. The summed E-state index contributed by atoms with van der Waals surface area (Å²) in [4.78, 5) is 31.0. The van der Waals surface area contributed by atoms with E-state index in [1.54, 1.807) is 12.3 Å². The van der Waals surface area contributed by atoms with E-state index in [1.807, 2.05) is 6.07 Å². The van der Waals surface area contributed by atoms with E-state index in [0.717, 1.165) is 57.5 Å². The lowest BCUT2D eigenvalue weighted by atomic mass is 10.1. The molecule has 0 aromatic carbocycles. The Morgan fingerprint density at radius 1 is 0.625 bits per heavy atom. The van der Waals surface area contributed by atoms with Crippen molar-refractivity contribution in [2.45, 2.75) is 222 Å². The molecule has 1 aliphatic heterocycles. The molecule has 3 rings (SSSR count). The number of halogens is 1. The quantitative estimate of drug-likeness (QED) is 0.0452. The maximum absolute atomic E-state index is 11.7. The fourth-order valence-corrected chi connectivity index (χ4v) is 6.32. The van der Waals surface area contributed by atoms with Crippen molar-refractivity contribution >= 4 is 32.1 Å². The van der Waals surface area contributed by atoms with Crippen LogP contribution >= 0.6 is 0 Å². The summed E-state index contributed by atoms with van der Waals surface area (Å²) < 4.78 is 30.2. The minimum atomic E-state index is -1.88. The summed E-state index contributed by atoms with van der Waals surface area (Å²) in [5, 5.41) is 14.3. The van der Waals surface area contributed by atoms with Gasteiger partial charge in [-0.2, -0.15) is 5.96 Å². The van der Waals surface area contributed by atoms with Crippen molar-refractivity contribution in [3.8, 4) is 11.5 Å². The lowest BCUT2D eigenvalue weighted by Gasteiger charge is -2.36. The maximum atomic E-state index is 11.7. The molecule has 12 nitrogen and oxygen atoms in total. The number of nitrogens with zero attached hydrogens (tertiary/aromatic N) is 2. The second-order valence-electron chi connectivity index (χ2n) is 17.4. The van der Waals surface area contributed by atoms with Crippen molar-refractivity contribution in [1.29, 1.82) is 0 Å². The van der Waals surface area contributed by atoms with E-state index in [1.165, 1.54) is 121 Å². The summed E-state index contributed by atoms with van der Waals surface area (Å²) in [6.07, 6.45) is 30.0. The Morgan fingerprint density at radius 2 is 0.984 bits per heavy atom. The Morgan fingerprint density at radius 3 is 1.27 bits per heavy atom. The molecule has 2 amide bonds. The van der Waals surface area contributed by atoms with Crippen LogP contribution in [0.5, 0.6) is 11.5 Å². The number of pyridine rings is 2. The van der Waals surface area contributed by atoms with Gasteiger partial charge in [-0.1, -0.05) is 178 Å². The van der Waals surface area contributed by atoms with Gasteiger partial charge in [0, 0.05) is 13.2 Å². The van der Waals surface area contributed by atoms with Crippen LogP contribution < -0.4 is 21.0 Å². The van der Waals surface area contributed by atoms with Gasteiger partial charge in [0.1, 0.15) is 23.1 Å². The van der Waals surface area contributed by atoms with E-state index in [2.05, 4.69) is 102 Å². The zero-order chi connectivity index (χ0) is 48.7. The minimum Gasteiger partial charge on any atom is -0.542 e. The van der Waals surface area contributed by atoms with Gasteiger partial charge in [-0.3, -0.25) is 10.6 Å². The SMILES string of the molecule is C1CCOC1.CCCCCCCC.CCCCCCCC.CCCCCCOC(=O)Nc1ccc(O)cn1.CCCCCCOC(=O)Nc1ccc(O[Si](C)(C)C(C)(C)C)cn1.NF. The van der Waals surface area contributed by atoms with Crippen LogP contribution in [-0.2, 0) is 14.2 Å². The van der Waals surface area contributed by atoms with Crippen LogP contribution in [0.15, 0.2) is 36.7 Å². The third kappa shape index (κ3) is 42.5. The standard InChI is InChI=1S/C18H32N2O3Si.C12H18N2O3.2C8H18.C4H8O.FH2N/c1-7-8-9-10-13-22-17(21)20-16-12-11-15(14-19-16)23-24(5,6)18(2,3)4;1-2-3-4-5-8-17-12(16)14-11-7-6-10(15)9-13-11;2*1-3-5-7-8-6-4-2;1-2-4-5-3-1;1-2/h11-12,14H,7-10,13H2,1-6H3,(H,19,20,21);6-7,9,15H,2-5,8H2,1H3,(H,13,14,16);2*3-8H2,1-2H3;1-4H2;2H2. The summed E-state index contributed by atoms with van der Waals surface area (Å²) in [5.74, 6) is 4.63. The number of carbonyl (C=O) groups is 2. The average Bonchev–Trinajstić information content (AvgIpc) is 3.87. The van der Waals surface area contributed by atoms with E-state index < -0.39 is 20.5 Å². The van der Waals surface area contributed by atoms with Crippen LogP contribution in [0, 0.1) is 0 Å². The highest BCUT2D eigenvalue weighted by atomic mass is 28.4. The molecule has 0 radical (unpaired) electrons. The number of rotatable bonds is 24. The Kier molecular flexibility index (Phi) is 46.6. The molecule has 1 aliphatic rings. The molecular weight excluding hydrogens is 830 g/mol. The predicted octanol–water partition coefficient (Wildman–Crippen LogP) is 15.9. The molecule has 2 aromatic rings. The number of nitrogens with one attached hydrogen (secondary N) is 2. The second kappa shape index (κ2) is 46.1. The lowest BCUT2D eigenvalue weighted by Crippen LogP contribution is -2.43. The van der Waals surface area contributed by atoms with Crippen molar-refractivity contribution in [1.82, 2.24) is 9.97 Å². The first-order valence-corrected chi connectivity index (χ1v) is 27.6. The van der Waals surface area contributed by atoms with Gasteiger partial charge >= 0.3 is 12.2 Å². The van der Waals surface area contributed by atoms with Crippen LogP contribution in [0.1, 0.15) is 204 Å². The van der Waals surface area contributed by atoms with Crippen molar-refractivity contribution < 1.29 is 37.8 Å². The molecule has 3 heterocycles. The summed E-state index contributed by atoms with van der Waals surface area (Å²) in [7, 11) is -1.88. The van der Waals surface area contributed by atoms with Gasteiger partial charge in [0.2, 0.25) is 0 Å². The summed E-state index contributed by atoms with van der Waals surface area (Å²) >= 11 is 0. The minimum absolute atomic E-state index is 0.0588. The van der Waals surface area contributed by atoms with Crippen LogP contribution in [0.3, 0.4) is 0 Å². The zero-order valence-electron chi connectivity index (χ0n) is 42.6. The Bertz CT molecular complexity index is 1270. The highest BCUT2D eigenvalue weighted by Crippen LogP contribution is 2.37. The summed E-state index contributed by atoms with van der Waals surface area (Å²) in [5.41, 5.74) is 0. The van der Waals surface area contributed by atoms with Crippen LogP contribution in [0.2, 0.25) is 18.1 Å². The lowest BCUT2D eigenvalue weighted by molar-refractivity contribution is 0.158. The number of hydrogen-bond donors (Lipinski definition) is 4. The Labute approximate surface area is 391 Å². The van der Waals surface area contributed by atoms with Gasteiger partial charge in [0.05, 0.1) is 25.6 Å². The zero-order valence-corrected chi connectivity index (χ0v) is 43.6. The van der Waals surface area contributed by atoms with E-state index in [4.69, 9.17) is 28.2 Å². The van der Waals surface area contributed by atoms with Crippen molar-refractivity contribution in [2.24, 2.45) is 5.96 Å². The van der Waals surface area contributed by atoms with Crippen molar-refractivity contribution in [3.05, 3.63) is 36.7 Å². The third-order valence-corrected chi connectivity index (χ3v) is 14.7. The number of unbranched alkanes of at least 4 members (excludes halogenated alkanes) is 16. The highest BCUT2D eigenvalue weighted by Gasteiger charge is 2.39. The average molecular weight is 926 g/mol. The Hall–Kier alpha value is -3.49. The number of hydrogen-bond acceptors (Lipinski definition) is 10. The molecule has 0 spiro atoms. The van der Waals surface area contributed by atoms with Gasteiger partial charge < -0.3 is 23.7 Å². The molecule has 0 atom stereocenters. The smallest absolute Gasteiger partial charge is 0.412 e. The Balaban J connectivity index is -0.000000801. The predicted molar refractivity (Wildman–Crippen MR) is 270 cm³/mol. The molecule has 374 valence electrons. The molecule has 0 aliphatic carbocycles. The number of amides is 2. The fraction of sp³-hybridized carbons (Fsp3) is 0.760. The molecule has 1 saturated heterocycles. The number of ether oxygens (including phenoxy) is 3. The maximum Gasteiger partial charge on any atom is 0.412 e. The molecule has 2 aromatic heterocycles. The van der Waals surface area contributed by atoms with Crippen LogP contribution in [0.4, 0.5) is 25.7 Å². The molecular formula is C50H96FN5O7Si. The number of aromatic hydroxyl groups is 1. The largest absolute Gasteiger partial charge is 0.542 e. The normalized spacial score (nSPS) is 11.5. The van der Waals surface area contributed by atoms with Gasteiger partial charge in [-0.25, -0.2) is 19.6 Å². The van der Waals surface area contributed by atoms with Gasteiger partial charge in [-0.15, -0.1) is 4.48 Å². The highest BCUT2D eigenvalue weighted by molar-refractivity contribution is 6.74. The van der Waals surface area contributed by atoms with Crippen LogP contribution in [0.25, 0.3) is 0 Å². The third-order valence-electron chi connectivity index (χ3n) is 10.3. The van der Waals surface area contributed by atoms with E-state index in [0.29, 0.717) is 24.8 Å². The fourth-order valence-electron chi connectivity index (χ4n) is 5.31. The number of carbonyl (C=O) groups excluding carboxylic acids is 2. The first-order valence-electron chi connectivity index (χ1n) is 24.7. The first kappa shape index (κ1) is 64.8. The summed E-state index contributed by atoms with van der Waals surface area (Å²) in [6.45, 7) is 27.1. The van der Waals surface area contributed by atoms with E-state index in [9.17, 15) is 9.59 Å². The first-order chi connectivity index (χ1) is 30.7. The number of nitrogens with two attached hydrogens (primary N) is 1. The molecule has 64 heavy (non-hydrogen) atoms. The topological polar surface area (TPSA) is 167 Å². The van der Waals surface area contributed by atoms with Gasteiger partial charge in [-0.05, 0) is 68.1 Å². The van der Waals surface area contributed by atoms with Gasteiger partial charge in [0.25, 0.3) is 8.32 Å². The van der Waals surface area contributed by atoms with E-state index >= 15 is 0 Å². The van der Waals surface area contributed by atoms with Crippen LogP contribution in [-0.4, -0.2) is 62.0 Å². The van der Waals surface area contributed by atoms with E-state index in [-0.39, 0.29) is 10.8 Å². The molecule has 0 saturated carbocycles. The van der Waals surface area contributed by atoms with Crippen molar-refractivity contribution in [2.75, 3.05) is 37.1 Å². The van der Waals surface area contributed by atoms with Crippen molar-refractivity contribution in [3.63, 3.8) is 0 Å². The monoisotopic (exact) mass is 926 g/mol. The second-order valence-corrected chi connectivity index (χ2v) is 22.2. The number of anilines is 2. The summed E-state index contributed by atoms with van der Waals surface area (Å²) in [6, 6.07) is 6.53. The molecule has 0 unspecified atom stereocenters. The van der Waals surface area contributed by atoms with Gasteiger partial charge in [0.15, 0.2) is 0 Å². The molecule has 0 bridgehead atoms.